The van der Waals surface area contributed by atoms with Crippen LogP contribution in [0.5, 0.6) is 0 Å². The Morgan fingerprint density at radius 3 is 2.18 bits per heavy atom. The lowest BCUT2D eigenvalue weighted by Crippen LogP contribution is -2.50. The Morgan fingerprint density at radius 1 is 1.05 bits per heavy atom. The van der Waals surface area contributed by atoms with Gasteiger partial charge in [-0.2, -0.15) is 0 Å². The van der Waals surface area contributed by atoms with Crippen molar-refractivity contribution in [2.75, 3.05) is 39.8 Å². The van der Waals surface area contributed by atoms with Crippen LogP contribution >= 0.6 is 11.6 Å². The standard InChI is InChI=1S/C32H46ClN3O2.CF4O/c1-23(2)35-18-20-36(21-19-35)29(26-13-9-14-27(33)22-26)16-17-34(4)31(32(37)38)28-15-8-10-24(3)30(28)25-11-6-5-7-12-25;2-1(3,4)6-5/h8-10,13-15,22-23,25,29,31H,5-7,11-12,16-21H2,1-4H3,(H,37,38);. The van der Waals surface area contributed by atoms with E-state index in [4.69, 9.17) is 11.6 Å². The van der Waals surface area contributed by atoms with Crippen LogP contribution in [0.1, 0.15) is 92.6 Å². The number of halogens is 5. The van der Waals surface area contributed by atoms with Crippen LogP contribution in [-0.2, 0) is 9.74 Å². The third-order valence-electron chi connectivity index (χ3n) is 8.94. The van der Waals surface area contributed by atoms with Crippen molar-refractivity contribution in [1.82, 2.24) is 14.7 Å². The number of aryl methyl sites for hydroxylation is 1. The van der Waals surface area contributed by atoms with E-state index in [2.05, 4.69) is 59.7 Å². The highest BCUT2D eigenvalue weighted by molar-refractivity contribution is 6.30. The van der Waals surface area contributed by atoms with Gasteiger partial charge in [-0.25, -0.2) is 0 Å². The van der Waals surface area contributed by atoms with Gasteiger partial charge in [0.25, 0.3) is 0 Å². The molecule has 1 aliphatic heterocycles. The molecule has 2 aliphatic rings. The molecule has 44 heavy (non-hydrogen) atoms. The van der Waals surface area contributed by atoms with E-state index < -0.39 is 18.4 Å². The fraction of sp³-hybridized carbons (Fsp3) is 0.606. The first-order chi connectivity index (χ1) is 20.8. The molecule has 4 rings (SSSR count). The first-order valence-corrected chi connectivity index (χ1v) is 15.8. The molecule has 0 aromatic heterocycles. The smallest absolute Gasteiger partial charge is 0.480 e. The molecule has 1 heterocycles. The van der Waals surface area contributed by atoms with Crippen molar-refractivity contribution in [1.29, 1.82) is 0 Å². The highest BCUT2D eigenvalue weighted by Gasteiger charge is 2.33. The van der Waals surface area contributed by atoms with Gasteiger partial charge in [-0.3, -0.25) is 19.5 Å². The molecule has 1 saturated heterocycles. The number of nitrogens with zero attached hydrogens (tertiary/aromatic N) is 3. The predicted octanol–water partition coefficient (Wildman–Crippen LogP) is 8.32. The van der Waals surface area contributed by atoms with E-state index in [1.807, 2.05) is 25.2 Å². The number of carbonyl (C=O) groups is 1. The Bertz CT molecular complexity index is 1190. The van der Waals surface area contributed by atoms with E-state index in [1.165, 1.54) is 40.9 Å². The number of carboxylic acid groups (broad SMARTS) is 1. The quantitative estimate of drug-likeness (QED) is 0.263. The Kier molecular flexibility index (Phi) is 13.9. The lowest BCUT2D eigenvalue weighted by molar-refractivity contribution is -0.416. The van der Waals surface area contributed by atoms with Gasteiger partial charge in [-0.05, 0) is 91.9 Å². The van der Waals surface area contributed by atoms with Crippen LogP contribution in [0, 0.1) is 6.92 Å². The molecule has 2 fully saturated rings. The van der Waals surface area contributed by atoms with Crippen molar-refractivity contribution in [3.8, 4) is 0 Å². The molecule has 2 atom stereocenters. The van der Waals surface area contributed by atoms with Crippen molar-refractivity contribution in [2.45, 2.75) is 89.7 Å². The van der Waals surface area contributed by atoms with Crippen LogP contribution in [0.15, 0.2) is 42.5 Å². The van der Waals surface area contributed by atoms with Crippen molar-refractivity contribution < 1.29 is 32.5 Å². The van der Waals surface area contributed by atoms with Gasteiger partial charge < -0.3 is 5.11 Å². The zero-order valence-corrected chi connectivity index (χ0v) is 26.9. The third kappa shape index (κ3) is 10.4. The summed E-state index contributed by atoms with van der Waals surface area (Å²) in [4.78, 5) is 21.4. The molecule has 2 unspecified atom stereocenters. The number of likely N-dealkylation sites (N-methyl/N-ethyl adjacent to an activating group) is 1. The van der Waals surface area contributed by atoms with Crippen LogP contribution in [-0.4, -0.2) is 78.0 Å². The average molecular weight is 644 g/mol. The number of alkyl halides is 3. The second-order valence-electron chi connectivity index (χ2n) is 12.2. The number of benzene rings is 2. The van der Waals surface area contributed by atoms with Crippen molar-refractivity contribution >= 4 is 17.6 Å². The minimum atomic E-state index is -5.12. The fourth-order valence-corrected chi connectivity index (χ4v) is 6.94. The third-order valence-corrected chi connectivity index (χ3v) is 9.17. The Balaban J connectivity index is 0.000000801. The summed E-state index contributed by atoms with van der Waals surface area (Å²) in [5.41, 5.74) is 4.71. The summed E-state index contributed by atoms with van der Waals surface area (Å²) in [7, 11) is 1.98. The van der Waals surface area contributed by atoms with Gasteiger partial charge in [0.1, 0.15) is 6.04 Å². The summed E-state index contributed by atoms with van der Waals surface area (Å²) in [6.07, 6.45) is 1.80. The molecular formula is C33H46ClF4N3O3. The van der Waals surface area contributed by atoms with Crippen LogP contribution in [0.4, 0.5) is 17.7 Å². The zero-order chi connectivity index (χ0) is 32.4. The first-order valence-electron chi connectivity index (χ1n) is 15.4. The molecule has 2 aromatic rings. The van der Waals surface area contributed by atoms with Crippen LogP contribution in [0.25, 0.3) is 0 Å². The van der Waals surface area contributed by atoms with Crippen LogP contribution < -0.4 is 0 Å². The fourth-order valence-electron chi connectivity index (χ4n) is 6.74. The Labute approximate surface area is 263 Å². The van der Waals surface area contributed by atoms with E-state index in [-0.39, 0.29) is 6.04 Å². The van der Waals surface area contributed by atoms with Gasteiger partial charge in [0.15, 0.2) is 0 Å². The number of carboxylic acids is 1. The van der Waals surface area contributed by atoms with Gasteiger partial charge in [-0.15, -0.1) is 13.2 Å². The van der Waals surface area contributed by atoms with E-state index in [1.54, 1.807) is 0 Å². The average Bonchev–Trinajstić information content (AvgIpc) is 2.98. The summed E-state index contributed by atoms with van der Waals surface area (Å²) in [5, 5.41) is 11.2. The Morgan fingerprint density at radius 2 is 1.64 bits per heavy atom. The summed E-state index contributed by atoms with van der Waals surface area (Å²) in [6.45, 7) is 11.5. The minimum absolute atomic E-state index is 0.204. The van der Waals surface area contributed by atoms with Gasteiger partial charge in [0, 0.05) is 49.8 Å². The summed E-state index contributed by atoms with van der Waals surface area (Å²) >= 11 is 6.42. The highest BCUT2D eigenvalue weighted by atomic mass is 35.5. The highest BCUT2D eigenvalue weighted by Crippen LogP contribution is 2.39. The molecule has 1 aliphatic carbocycles. The monoisotopic (exact) mass is 643 g/mol. The van der Waals surface area contributed by atoms with E-state index in [0.717, 1.165) is 56.0 Å². The maximum atomic E-state index is 12.8. The van der Waals surface area contributed by atoms with Gasteiger partial charge in [-0.1, -0.05) is 66.1 Å². The molecule has 6 nitrogen and oxygen atoms in total. The molecule has 0 spiro atoms. The number of hydrogen-bond acceptors (Lipinski definition) is 5. The Hall–Kier alpha value is -2.24. The summed E-state index contributed by atoms with van der Waals surface area (Å²) < 4.78 is 40.4. The maximum Gasteiger partial charge on any atom is 0.553 e. The molecule has 11 heteroatoms. The zero-order valence-electron chi connectivity index (χ0n) is 26.1. The number of piperazine rings is 1. The second kappa shape index (κ2) is 16.9. The molecular weight excluding hydrogens is 598 g/mol. The van der Waals surface area contributed by atoms with E-state index in [0.29, 0.717) is 18.5 Å². The summed E-state index contributed by atoms with van der Waals surface area (Å²) in [6, 6.07) is 14.6. The lowest BCUT2D eigenvalue weighted by atomic mass is 9.78. The minimum Gasteiger partial charge on any atom is -0.480 e. The molecule has 0 amide bonds. The van der Waals surface area contributed by atoms with Crippen molar-refractivity contribution in [3.63, 3.8) is 0 Å². The molecule has 2 aromatic carbocycles. The van der Waals surface area contributed by atoms with Gasteiger partial charge in [0.2, 0.25) is 0 Å². The normalized spacial score (nSPS) is 18.6. The summed E-state index contributed by atoms with van der Waals surface area (Å²) in [5.74, 6) is -0.299. The topological polar surface area (TPSA) is 56.2 Å². The second-order valence-corrected chi connectivity index (χ2v) is 12.6. The van der Waals surface area contributed by atoms with Crippen LogP contribution in [0.2, 0.25) is 5.02 Å². The molecule has 0 bridgehead atoms. The molecule has 0 radical (unpaired) electrons. The van der Waals surface area contributed by atoms with Gasteiger partial charge in [0.05, 0.1) is 0 Å². The number of aliphatic carboxylic acids is 1. The largest absolute Gasteiger partial charge is 0.553 e. The van der Waals surface area contributed by atoms with E-state index >= 15 is 0 Å². The molecule has 1 N–H and O–H groups in total. The van der Waals surface area contributed by atoms with E-state index in [9.17, 15) is 27.6 Å². The first kappa shape index (κ1) is 36.2. The predicted molar refractivity (Wildman–Crippen MR) is 165 cm³/mol. The van der Waals surface area contributed by atoms with Crippen molar-refractivity contribution in [2.24, 2.45) is 0 Å². The van der Waals surface area contributed by atoms with Crippen LogP contribution in [0.3, 0.4) is 0 Å². The SMILES string of the molecule is Cc1cccc(C(C(=O)O)N(C)CCC(c2cccc(Cl)c2)N2CCN(C(C)C)CC2)c1C1CCCCC1.FOC(F)(F)F. The van der Waals surface area contributed by atoms with Crippen molar-refractivity contribution in [3.05, 3.63) is 69.7 Å². The number of rotatable bonds is 10. The maximum absolute atomic E-state index is 12.8. The number of hydrogen-bond donors (Lipinski definition) is 1. The van der Waals surface area contributed by atoms with Gasteiger partial charge >= 0.3 is 12.3 Å². The molecule has 246 valence electrons. The molecule has 1 saturated carbocycles. The lowest BCUT2D eigenvalue weighted by Gasteiger charge is -2.41.